The van der Waals surface area contributed by atoms with Crippen molar-refractivity contribution in [2.24, 2.45) is 5.41 Å². The van der Waals surface area contributed by atoms with Crippen LogP contribution >= 0.6 is 11.6 Å². The van der Waals surface area contributed by atoms with Crippen LogP contribution < -0.4 is 0 Å². The lowest BCUT2D eigenvalue weighted by molar-refractivity contribution is -0.132. The van der Waals surface area contributed by atoms with Crippen molar-refractivity contribution in [3.8, 4) is 0 Å². The highest BCUT2D eigenvalue weighted by Gasteiger charge is 2.23. The maximum Gasteiger partial charge on any atom is 0.227 e. The summed E-state index contributed by atoms with van der Waals surface area (Å²) in [7, 11) is 0. The fourth-order valence-electron chi connectivity index (χ4n) is 2.71. The number of rotatable bonds is 3. The van der Waals surface area contributed by atoms with Crippen molar-refractivity contribution < 1.29 is 4.79 Å². The van der Waals surface area contributed by atoms with Crippen LogP contribution in [-0.2, 0) is 11.2 Å². The molecule has 0 radical (unpaired) electrons. The Kier molecular flexibility index (Phi) is 5.28. The lowest BCUT2D eigenvalue weighted by Crippen LogP contribution is -2.50. The molecular weight excluding hydrogens is 284 g/mol. The standard InChI is InChI=1S/C17H25ClN2O/c1-17(2,3)13-19-8-10-20(11-9-19)16(21)12-14-4-6-15(18)7-5-14/h4-7H,8-13H2,1-3H3. The molecule has 1 fully saturated rings. The number of piperazine rings is 1. The van der Waals surface area contributed by atoms with Gasteiger partial charge in [-0.1, -0.05) is 44.5 Å². The minimum atomic E-state index is 0.215. The molecule has 0 spiro atoms. The van der Waals surface area contributed by atoms with E-state index in [9.17, 15) is 4.79 Å². The quantitative estimate of drug-likeness (QED) is 0.857. The molecule has 116 valence electrons. The van der Waals surface area contributed by atoms with E-state index in [0.29, 0.717) is 16.9 Å². The molecule has 1 saturated heterocycles. The van der Waals surface area contributed by atoms with Gasteiger partial charge in [-0.05, 0) is 23.1 Å². The van der Waals surface area contributed by atoms with Crippen molar-refractivity contribution in [3.63, 3.8) is 0 Å². The van der Waals surface area contributed by atoms with Gasteiger partial charge >= 0.3 is 0 Å². The van der Waals surface area contributed by atoms with Gasteiger partial charge in [0.05, 0.1) is 6.42 Å². The zero-order valence-electron chi connectivity index (χ0n) is 13.2. The van der Waals surface area contributed by atoms with Crippen molar-refractivity contribution in [1.29, 1.82) is 0 Å². The van der Waals surface area contributed by atoms with Crippen LogP contribution in [0.4, 0.5) is 0 Å². The first-order valence-corrected chi connectivity index (χ1v) is 7.96. The zero-order valence-corrected chi connectivity index (χ0v) is 14.0. The molecule has 1 aromatic carbocycles. The van der Waals surface area contributed by atoms with E-state index in [2.05, 4.69) is 25.7 Å². The van der Waals surface area contributed by atoms with Crippen LogP contribution in [-0.4, -0.2) is 48.4 Å². The Balaban J connectivity index is 1.81. The van der Waals surface area contributed by atoms with Crippen molar-refractivity contribution in [3.05, 3.63) is 34.9 Å². The van der Waals surface area contributed by atoms with Gasteiger partial charge in [0.1, 0.15) is 0 Å². The number of hydrogen-bond donors (Lipinski definition) is 0. The van der Waals surface area contributed by atoms with Gasteiger partial charge in [-0.3, -0.25) is 9.69 Å². The monoisotopic (exact) mass is 308 g/mol. The van der Waals surface area contributed by atoms with Crippen molar-refractivity contribution >= 4 is 17.5 Å². The second-order valence-corrected chi connectivity index (χ2v) is 7.46. The van der Waals surface area contributed by atoms with Gasteiger partial charge in [-0.15, -0.1) is 0 Å². The van der Waals surface area contributed by atoms with Crippen LogP contribution in [0.2, 0.25) is 5.02 Å². The van der Waals surface area contributed by atoms with E-state index >= 15 is 0 Å². The Morgan fingerprint density at radius 1 is 1.10 bits per heavy atom. The molecule has 1 aliphatic rings. The second kappa shape index (κ2) is 6.80. The smallest absolute Gasteiger partial charge is 0.227 e. The second-order valence-electron chi connectivity index (χ2n) is 7.02. The molecule has 0 aromatic heterocycles. The molecule has 0 saturated carbocycles. The van der Waals surface area contributed by atoms with Gasteiger partial charge < -0.3 is 4.90 Å². The molecule has 1 heterocycles. The van der Waals surface area contributed by atoms with Crippen LogP contribution in [0.1, 0.15) is 26.3 Å². The summed E-state index contributed by atoms with van der Waals surface area (Å²) in [4.78, 5) is 16.7. The van der Waals surface area contributed by atoms with Gasteiger partial charge in [0.2, 0.25) is 5.91 Å². The molecular formula is C17H25ClN2O. The number of halogens is 1. The molecule has 21 heavy (non-hydrogen) atoms. The van der Waals surface area contributed by atoms with Crippen LogP contribution in [0.25, 0.3) is 0 Å². The van der Waals surface area contributed by atoms with E-state index in [0.717, 1.165) is 38.3 Å². The number of carbonyl (C=O) groups is 1. The SMILES string of the molecule is CC(C)(C)CN1CCN(C(=O)Cc2ccc(Cl)cc2)CC1. The maximum absolute atomic E-state index is 12.3. The third kappa shape index (κ3) is 5.33. The van der Waals surface area contributed by atoms with Crippen molar-refractivity contribution in [2.75, 3.05) is 32.7 Å². The van der Waals surface area contributed by atoms with Crippen molar-refractivity contribution in [2.45, 2.75) is 27.2 Å². The number of benzene rings is 1. The lowest BCUT2D eigenvalue weighted by atomic mass is 9.96. The van der Waals surface area contributed by atoms with E-state index in [1.807, 2.05) is 29.2 Å². The summed E-state index contributed by atoms with van der Waals surface area (Å²) in [5.41, 5.74) is 1.34. The highest BCUT2D eigenvalue weighted by Crippen LogP contribution is 2.17. The molecule has 0 bridgehead atoms. The average molecular weight is 309 g/mol. The fourth-order valence-corrected chi connectivity index (χ4v) is 2.84. The highest BCUT2D eigenvalue weighted by atomic mass is 35.5. The summed E-state index contributed by atoms with van der Waals surface area (Å²) in [6.45, 7) is 11.5. The normalized spacial score (nSPS) is 17.0. The molecule has 1 aliphatic heterocycles. The number of hydrogen-bond acceptors (Lipinski definition) is 2. The van der Waals surface area contributed by atoms with E-state index < -0.39 is 0 Å². The molecule has 0 unspecified atom stereocenters. The van der Waals surface area contributed by atoms with E-state index in [1.54, 1.807) is 0 Å². The summed E-state index contributed by atoms with van der Waals surface area (Å²) >= 11 is 5.86. The predicted molar refractivity (Wildman–Crippen MR) is 87.6 cm³/mol. The van der Waals surface area contributed by atoms with Gasteiger partial charge in [0.25, 0.3) is 0 Å². The first-order chi connectivity index (χ1) is 9.83. The first kappa shape index (κ1) is 16.3. The Morgan fingerprint density at radius 3 is 2.19 bits per heavy atom. The summed E-state index contributed by atoms with van der Waals surface area (Å²) in [6, 6.07) is 7.53. The fraction of sp³-hybridized carbons (Fsp3) is 0.588. The van der Waals surface area contributed by atoms with Crippen LogP contribution in [0, 0.1) is 5.41 Å². The average Bonchev–Trinajstić information content (AvgIpc) is 2.40. The lowest BCUT2D eigenvalue weighted by Gasteiger charge is -2.37. The van der Waals surface area contributed by atoms with Crippen LogP contribution in [0.5, 0.6) is 0 Å². The molecule has 0 N–H and O–H groups in total. The van der Waals surface area contributed by atoms with Gasteiger partial charge in [-0.25, -0.2) is 0 Å². The summed E-state index contributed by atoms with van der Waals surface area (Å²) < 4.78 is 0. The Bertz CT molecular complexity index is 471. The molecule has 2 rings (SSSR count). The molecule has 0 atom stereocenters. The van der Waals surface area contributed by atoms with Gasteiger partial charge in [0.15, 0.2) is 0 Å². The molecule has 3 nitrogen and oxygen atoms in total. The first-order valence-electron chi connectivity index (χ1n) is 7.58. The molecule has 0 aliphatic carbocycles. The van der Waals surface area contributed by atoms with E-state index in [-0.39, 0.29) is 5.91 Å². The molecule has 1 amide bonds. The predicted octanol–water partition coefficient (Wildman–Crippen LogP) is 3.07. The third-order valence-corrected chi connectivity index (χ3v) is 3.94. The van der Waals surface area contributed by atoms with Crippen molar-refractivity contribution in [1.82, 2.24) is 9.80 Å². The minimum absolute atomic E-state index is 0.215. The summed E-state index contributed by atoms with van der Waals surface area (Å²) in [6.07, 6.45) is 0.469. The Hall–Kier alpha value is -1.06. The van der Waals surface area contributed by atoms with Gasteiger partial charge in [0, 0.05) is 37.7 Å². The number of nitrogens with zero attached hydrogens (tertiary/aromatic N) is 2. The Labute approximate surface area is 132 Å². The van der Waals surface area contributed by atoms with Gasteiger partial charge in [-0.2, -0.15) is 0 Å². The Morgan fingerprint density at radius 2 is 1.67 bits per heavy atom. The highest BCUT2D eigenvalue weighted by molar-refractivity contribution is 6.30. The number of carbonyl (C=O) groups excluding carboxylic acids is 1. The molecule has 4 heteroatoms. The van der Waals surface area contributed by atoms with E-state index in [1.165, 1.54) is 0 Å². The van der Waals surface area contributed by atoms with E-state index in [4.69, 9.17) is 11.6 Å². The minimum Gasteiger partial charge on any atom is -0.340 e. The maximum atomic E-state index is 12.3. The molecule has 1 aromatic rings. The van der Waals surface area contributed by atoms with Crippen LogP contribution in [0.3, 0.4) is 0 Å². The largest absolute Gasteiger partial charge is 0.340 e. The zero-order chi connectivity index (χ0) is 15.5. The topological polar surface area (TPSA) is 23.6 Å². The summed E-state index contributed by atoms with van der Waals surface area (Å²) in [5.74, 6) is 0.215. The third-order valence-electron chi connectivity index (χ3n) is 3.69. The summed E-state index contributed by atoms with van der Waals surface area (Å²) in [5, 5.41) is 0.710. The number of amides is 1. The van der Waals surface area contributed by atoms with Crippen LogP contribution in [0.15, 0.2) is 24.3 Å².